The lowest BCUT2D eigenvalue weighted by molar-refractivity contribution is 0.463. The fraction of sp³-hybridized carbons (Fsp3) is 0.538. The Morgan fingerprint density at radius 2 is 2.06 bits per heavy atom. The molecule has 0 bridgehead atoms. The van der Waals surface area contributed by atoms with E-state index < -0.39 is 15.3 Å². The van der Waals surface area contributed by atoms with E-state index in [1.807, 2.05) is 18.2 Å². The van der Waals surface area contributed by atoms with Crippen molar-refractivity contribution in [2.75, 3.05) is 19.6 Å². The van der Waals surface area contributed by atoms with Crippen LogP contribution in [-0.4, -0.2) is 37.6 Å². The fourth-order valence-corrected chi connectivity index (χ4v) is 3.83. The van der Waals surface area contributed by atoms with Crippen molar-refractivity contribution in [1.82, 2.24) is 4.31 Å². The molecule has 100 valence electrons. The smallest absolute Gasteiger partial charge is 0.217 e. The van der Waals surface area contributed by atoms with Crippen molar-refractivity contribution in [3.8, 4) is 0 Å². The van der Waals surface area contributed by atoms with E-state index in [9.17, 15) is 8.42 Å². The van der Waals surface area contributed by atoms with Crippen molar-refractivity contribution in [2.24, 2.45) is 5.73 Å². The van der Waals surface area contributed by atoms with Crippen molar-refractivity contribution < 1.29 is 8.42 Å². The van der Waals surface area contributed by atoms with Crippen LogP contribution in [0.1, 0.15) is 24.8 Å². The van der Waals surface area contributed by atoms with Crippen LogP contribution in [0.5, 0.6) is 0 Å². The van der Waals surface area contributed by atoms with Gasteiger partial charge >= 0.3 is 0 Å². The highest BCUT2D eigenvalue weighted by Crippen LogP contribution is 2.29. The van der Waals surface area contributed by atoms with E-state index in [4.69, 9.17) is 5.73 Å². The Kier molecular flexibility index (Phi) is 4.04. The lowest BCUT2D eigenvalue weighted by Gasteiger charge is -2.20. The van der Waals surface area contributed by atoms with Crippen LogP contribution in [0.25, 0.3) is 0 Å². The molecule has 0 aliphatic carbocycles. The molecule has 2 N–H and O–H groups in total. The molecule has 4 nitrogen and oxygen atoms in total. The average Bonchev–Trinajstić information content (AvgIpc) is 2.89. The molecule has 2 rings (SSSR count). The third-order valence-corrected chi connectivity index (χ3v) is 5.88. The zero-order chi connectivity index (χ0) is 13.2. The maximum absolute atomic E-state index is 12.2. The molecule has 1 aliphatic rings. The number of hydrogen-bond acceptors (Lipinski definition) is 3. The first-order chi connectivity index (χ1) is 8.55. The first-order valence-electron chi connectivity index (χ1n) is 6.29. The summed E-state index contributed by atoms with van der Waals surface area (Å²) < 4.78 is 26.0. The highest BCUT2D eigenvalue weighted by atomic mass is 32.2. The van der Waals surface area contributed by atoms with E-state index in [1.54, 1.807) is 11.2 Å². The highest BCUT2D eigenvalue weighted by Gasteiger charge is 2.34. The molecular formula is C13H20N2O2S. The standard InChI is InChI=1S/C13H20N2O2S/c1-11(9-14)18(16,17)15-8-7-13(10-15)12-5-3-2-4-6-12/h2-6,11,13H,7-10,14H2,1H3. The topological polar surface area (TPSA) is 63.4 Å². The Labute approximate surface area is 109 Å². The maximum atomic E-state index is 12.2. The van der Waals surface area contributed by atoms with Crippen LogP contribution in [-0.2, 0) is 10.0 Å². The third kappa shape index (κ3) is 2.58. The first-order valence-corrected chi connectivity index (χ1v) is 7.80. The summed E-state index contributed by atoms with van der Waals surface area (Å²) in [6.45, 7) is 3.03. The van der Waals surface area contributed by atoms with Crippen LogP contribution < -0.4 is 5.73 Å². The van der Waals surface area contributed by atoms with E-state index in [0.29, 0.717) is 19.0 Å². The summed E-state index contributed by atoms with van der Waals surface area (Å²) in [5, 5.41) is -0.493. The Morgan fingerprint density at radius 1 is 1.39 bits per heavy atom. The van der Waals surface area contributed by atoms with Crippen molar-refractivity contribution in [2.45, 2.75) is 24.5 Å². The van der Waals surface area contributed by atoms with E-state index in [1.165, 1.54) is 5.56 Å². The molecule has 0 saturated carbocycles. The van der Waals surface area contributed by atoms with Gasteiger partial charge in [0, 0.05) is 19.6 Å². The van der Waals surface area contributed by atoms with Crippen LogP contribution in [0.3, 0.4) is 0 Å². The monoisotopic (exact) mass is 268 g/mol. The molecule has 1 aromatic carbocycles. The molecule has 1 saturated heterocycles. The Morgan fingerprint density at radius 3 is 2.67 bits per heavy atom. The van der Waals surface area contributed by atoms with Gasteiger partial charge in [0.1, 0.15) is 0 Å². The van der Waals surface area contributed by atoms with Gasteiger partial charge in [-0.15, -0.1) is 0 Å². The number of benzene rings is 1. The summed E-state index contributed by atoms with van der Waals surface area (Å²) >= 11 is 0. The molecule has 0 aromatic heterocycles. The number of sulfonamides is 1. The van der Waals surface area contributed by atoms with Crippen molar-refractivity contribution in [3.63, 3.8) is 0 Å². The fourth-order valence-electron chi connectivity index (χ4n) is 2.33. The van der Waals surface area contributed by atoms with Gasteiger partial charge in [-0.1, -0.05) is 30.3 Å². The largest absolute Gasteiger partial charge is 0.329 e. The quantitative estimate of drug-likeness (QED) is 0.891. The molecule has 5 heteroatoms. The molecule has 1 aliphatic heterocycles. The van der Waals surface area contributed by atoms with Crippen LogP contribution >= 0.6 is 0 Å². The van der Waals surface area contributed by atoms with Gasteiger partial charge in [-0.2, -0.15) is 0 Å². The minimum absolute atomic E-state index is 0.175. The van der Waals surface area contributed by atoms with Crippen LogP contribution in [0, 0.1) is 0 Å². The molecule has 1 aromatic rings. The van der Waals surface area contributed by atoms with Gasteiger partial charge in [-0.25, -0.2) is 12.7 Å². The van der Waals surface area contributed by atoms with Crippen LogP contribution in [0.2, 0.25) is 0 Å². The predicted molar refractivity (Wildman–Crippen MR) is 72.8 cm³/mol. The summed E-state index contributed by atoms with van der Waals surface area (Å²) in [5.41, 5.74) is 6.68. The molecule has 1 fully saturated rings. The first kappa shape index (κ1) is 13.5. The molecule has 0 radical (unpaired) electrons. The summed E-state index contributed by atoms with van der Waals surface area (Å²) in [7, 11) is -3.22. The Bertz CT molecular complexity index is 487. The van der Waals surface area contributed by atoms with E-state index in [-0.39, 0.29) is 6.54 Å². The number of hydrogen-bond donors (Lipinski definition) is 1. The molecular weight excluding hydrogens is 248 g/mol. The summed E-state index contributed by atoms with van der Waals surface area (Å²) in [5.74, 6) is 0.311. The second-order valence-corrected chi connectivity index (χ2v) is 7.20. The van der Waals surface area contributed by atoms with Gasteiger partial charge < -0.3 is 5.73 Å². The van der Waals surface area contributed by atoms with Crippen LogP contribution in [0.15, 0.2) is 30.3 Å². The predicted octanol–water partition coefficient (Wildman–Crippen LogP) is 1.15. The van der Waals surface area contributed by atoms with Gasteiger partial charge in [-0.05, 0) is 24.8 Å². The zero-order valence-electron chi connectivity index (χ0n) is 10.6. The summed E-state index contributed by atoms with van der Waals surface area (Å²) in [4.78, 5) is 0. The minimum atomic E-state index is -3.22. The van der Waals surface area contributed by atoms with Gasteiger partial charge in [-0.3, -0.25) is 0 Å². The molecule has 2 atom stereocenters. The minimum Gasteiger partial charge on any atom is -0.329 e. The maximum Gasteiger partial charge on any atom is 0.217 e. The van der Waals surface area contributed by atoms with Crippen molar-refractivity contribution in [3.05, 3.63) is 35.9 Å². The van der Waals surface area contributed by atoms with Gasteiger partial charge in [0.25, 0.3) is 0 Å². The average molecular weight is 268 g/mol. The van der Waals surface area contributed by atoms with Gasteiger partial charge in [0.05, 0.1) is 5.25 Å². The second-order valence-electron chi connectivity index (χ2n) is 4.85. The van der Waals surface area contributed by atoms with E-state index in [0.717, 1.165) is 6.42 Å². The van der Waals surface area contributed by atoms with E-state index >= 15 is 0 Å². The van der Waals surface area contributed by atoms with E-state index in [2.05, 4.69) is 12.1 Å². The molecule has 1 heterocycles. The lowest BCUT2D eigenvalue weighted by Crippen LogP contribution is -2.39. The Balaban J connectivity index is 2.10. The summed E-state index contributed by atoms with van der Waals surface area (Å²) in [6.07, 6.45) is 0.889. The number of nitrogens with zero attached hydrogens (tertiary/aromatic N) is 1. The summed E-state index contributed by atoms with van der Waals surface area (Å²) in [6, 6.07) is 10.1. The van der Waals surface area contributed by atoms with Gasteiger partial charge in [0.15, 0.2) is 0 Å². The zero-order valence-corrected chi connectivity index (χ0v) is 11.4. The van der Waals surface area contributed by atoms with Gasteiger partial charge in [0.2, 0.25) is 10.0 Å². The number of rotatable bonds is 4. The molecule has 2 unspecified atom stereocenters. The normalized spacial score (nSPS) is 23.1. The molecule has 0 amide bonds. The third-order valence-electron chi connectivity index (χ3n) is 3.62. The van der Waals surface area contributed by atoms with Crippen molar-refractivity contribution >= 4 is 10.0 Å². The van der Waals surface area contributed by atoms with Crippen LogP contribution in [0.4, 0.5) is 0 Å². The Hall–Kier alpha value is -0.910. The second kappa shape index (κ2) is 5.38. The number of nitrogens with two attached hydrogens (primary N) is 1. The SMILES string of the molecule is CC(CN)S(=O)(=O)N1CCC(c2ccccc2)C1. The highest BCUT2D eigenvalue weighted by molar-refractivity contribution is 7.89. The molecule has 0 spiro atoms. The molecule has 18 heavy (non-hydrogen) atoms. The van der Waals surface area contributed by atoms with Crippen molar-refractivity contribution in [1.29, 1.82) is 0 Å². The lowest BCUT2D eigenvalue weighted by atomic mass is 9.99.